The molecule has 0 unspecified atom stereocenters. The third-order valence-electron chi connectivity index (χ3n) is 4.80. The van der Waals surface area contributed by atoms with Gasteiger partial charge in [-0.3, -0.25) is 0 Å². The normalized spacial score (nSPS) is 15.2. The lowest BCUT2D eigenvalue weighted by atomic mass is 10.1. The number of nitrogens with one attached hydrogen (secondary N) is 1. The van der Waals surface area contributed by atoms with Crippen LogP contribution in [0.15, 0.2) is 42.9 Å². The van der Waals surface area contributed by atoms with Gasteiger partial charge >= 0.3 is 6.09 Å². The lowest BCUT2D eigenvalue weighted by molar-refractivity contribution is 0.0701. The zero-order valence-electron chi connectivity index (χ0n) is 16.1. The van der Waals surface area contributed by atoms with Crippen molar-refractivity contribution in [2.24, 2.45) is 0 Å². The molecule has 1 aliphatic heterocycles. The van der Waals surface area contributed by atoms with Gasteiger partial charge < -0.3 is 15.0 Å². The highest BCUT2D eigenvalue weighted by Gasteiger charge is 2.25. The van der Waals surface area contributed by atoms with Gasteiger partial charge in [0, 0.05) is 19.1 Å². The van der Waals surface area contributed by atoms with Gasteiger partial charge in [0.2, 0.25) is 0 Å². The van der Waals surface area contributed by atoms with Crippen LogP contribution in [0.4, 0.5) is 10.6 Å². The Morgan fingerprint density at radius 2 is 1.93 bits per heavy atom. The van der Waals surface area contributed by atoms with Crippen molar-refractivity contribution < 1.29 is 9.53 Å². The highest BCUT2D eigenvalue weighted by Crippen LogP contribution is 2.24. The van der Waals surface area contributed by atoms with Crippen LogP contribution < -0.4 is 5.32 Å². The summed E-state index contributed by atoms with van der Waals surface area (Å²) in [6.07, 6.45) is 4.69. The number of rotatable bonds is 4. The Bertz CT molecular complexity index is 948. The second kappa shape index (κ2) is 7.84. The van der Waals surface area contributed by atoms with Crippen LogP contribution in [0.25, 0.3) is 16.7 Å². The van der Waals surface area contributed by atoms with E-state index in [2.05, 4.69) is 20.4 Å². The average Bonchev–Trinajstić information content (AvgIpc) is 3.14. The van der Waals surface area contributed by atoms with E-state index < -0.39 is 0 Å². The molecule has 0 spiro atoms. The number of likely N-dealkylation sites (tertiary alicyclic amines) is 1. The number of benzene rings is 1. The van der Waals surface area contributed by atoms with Crippen molar-refractivity contribution in [2.75, 3.05) is 18.4 Å². The molecule has 0 saturated carbocycles. The Kier molecular flexibility index (Phi) is 5.10. The maximum Gasteiger partial charge on any atom is 0.410 e. The number of fused-ring (bicyclic) bond motifs is 1. The number of para-hydroxylation sites is 1. The van der Waals surface area contributed by atoms with Crippen molar-refractivity contribution in [1.29, 1.82) is 0 Å². The lowest BCUT2D eigenvalue weighted by Crippen LogP contribution is -2.43. The van der Waals surface area contributed by atoms with E-state index in [0.717, 1.165) is 35.4 Å². The Hall–Kier alpha value is -3.16. The summed E-state index contributed by atoms with van der Waals surface area (Å²) in [6, 6.07) is 10.1. The number of piperidine rings is 1. The molecule has 3 aromatic rings. The van der Waals surface area contributed by atoms with Gasteiger partial charge in [0.15, 0.2) is 5.65 Å². The number of carbonyl (C=O) groups is 1. The van der Waals surface area contributed by atoms with E-state index in [1.165, 1.54) is 0 Å². The maximum absolute atomic E-state index is 12.0. The molecule has 4 rings (SSSR count). The van der Waals surface area contributed by atoms with E-state index in [9.17, 15) is 4.79 Å². The molecule has 0 atom stereocenters. The Morgan fingerprint density at radius 1 is 1.18 bits per heavy atom. The SMILES string of the molecule is CC(C)OC(=O)N1CCC(Nc2ncnc3c2cnn3-c2ccccc2)CC1. The Morgan fingerprint density at radius 3 is 2.64 bits per heavy atom. The maximum atomic E-state index is 12.0. The topological polar surface area (TPSA) is 85.2 Å². The molecule has 28 heavy (non-hydrogen) atoms. The number of nitrogens with zero attached hydrogens (tertiary/aromatic N) is 5. The average molecular weight is 380 g/mol. The van der Waals surface area contributed by atoms with E-state index in [1.807, 2.05) is 48.9 Å². The van der Waals surface area contributed by atoms with Gasteiger partial charge in [-0.2, -0.15) is 5.10 Å². The summed E-state index contributed by atoms with van der Waals surface area (Å²) in [5.74, 6) is 0.774. The third kappa shape index (κ3) is 3.76. The van der Waals surface area contributed by atoms with Gasteiger partial charge in [-0.25, -0.2) is 19.4 Å². The third-order valence-corrected chi connectivity index (χ3v) is 4.80. The molecule has 1 amide bonds. The minimum Gasteiger partial charge on any atom is -0.447 e. The molecule has 0 aliphatic carbocycles. The van der Waals surface area contributed by atoms with Crippen LogP contribution in [0, 0.1) is 0 Å². The molecular weight excluding hydrogens is 356 g/mol. The second-order valence-electron chi connectivity index (χ2n) is 7.19. The molecule has 2 aromatic heterocycles. The molecule has 1 saturated heterocycles. The number of hydrogen-bond donors (Lipinski definition) is 1. The van der Waals surface area contributed by atoms with Crippen LogP contribution in [-0.4, -0.2) is 56.0 Å². The van der Waals surface area contributed by atoms with Gasteiger partial charge in [0.05, 0.1) is 23.4 Å². The minimum atomic E-state index is -0.234. The van der Waals surface area contributed by atoms with Crippen LogP contribution in [0.2, 0.25) is 0 Å². The molecule has 0 bridgehead atoms. The van der Waals surface area contributed by atoms with Crippen LogP contribution in [0.1, 0.15) is 26.7 Å². The van der Waals surface area contributed by atoms with Gasteiger partial charge in [-0.05, 0) is 38.8 Å². The van der Waals surface area contributed by atoms with E-state index in [1.54, 1.807) is 17.4 Å². The van der Waals surface area contributed by atoms with E-state index in [4.69, 9.17) is 4.74 Å². The summed E-state index contributed by atoms with van der Waals surface area (Å²) in [6.45, 7) is 5.06. The summed E-state index contributed by atoms with van der Waals surface area (Å²) in [5.41, 5.74) is 1.72. The minimum absolute atomic E-state index is 0.0983. The molecule has 0 radical (unpaired) electrons. The highest BCUT2D eigenvalue weighted by molar-refractivity contribution is 5.87. The predicted octanol–water partition coefficient (Wildman–Crippen LogP) is 3.24. The van der Waals surface area contributed by atoms with Crippen molar-refractivity contribution in [3.63, 3.8) is 0 Å². The second-order valence-corrected chi connectivity index (χ2v) is 7.19. The first-order valence-corrected chi connectivity index (χ1v) is 9.58. The molecule has 1 aromatic carbocycles. The van der Waals surface area contributed by atoms with Crippen LogP contribution in [0.5, 0.6) is 0 Å². The van der Waals surface area contributed by atoms with Gasteiger partial charge in [-0.15, -0.1) is 0 Å². The molecule has 1 fully saturated rings. The molecule has 146 valence electrons. The van der Waals surface area contributed by atoms with Crippen molar-refractivity contribution >= 4 is 22.9 Å². The fourth-order valence-corrected chi connectivity index (χ4v) is 3.39. The monoisotopic (exact) mass is 380 g/mol. The van der Waals surface area contributed by atoms with Crippen LogP contribution in [-0.2, 0) is 4.74 Å². The summed E-state index contributed by atoms with van der Waals surface area (Å²) < 4.78 is 7.09. The summed E-state index contributed by atoms with van der Waals surface area (Å²) >= 11 is 0. The lowest BCUT2D eigenvalue weighted by Gasteiger charge is -2.32. The molecule has 8 heteroatoms. The summed E-state index contributed by atoms with van der Waals surface area (Å²) in [4.78, 5) is 22.6. The van der Waals surface area contributed by atoms with Gasteiger partial charge in [0.25, 0.3) is 0 Å². The number of hydrogen-bond acceptors (Lipinski definition) is 6. The fraction of sp³-hybridized carbons (Fsp3) is 0.400. The smallest absolute Gasteiger partial charge is 0.410 e. The number of aromatic nitrogens is 4. The zero-order chi connectivity index (χ0) is 19.5. The molecule has 1 aliphatic rings. The summed E-state index contributed by atoms with van der Waals surface area (Å²) in [7, 11) is 0. The van der Waals surface area contributed by atoms with Crippen LogP contribution in [0.3, 0.4) is 0 Å². The number of anilines is 1. The molecule has 8 nitrogen and oxygen atoms in total. The predicted molar refractivity (Wildman–Crippen MR) is 106 cm³/mol. The zero-order valence-corrected chi connectivity index (χ0v) is 16.1. The van der Waals surface area contributed by atoms with E-state index >= 15 is 0 Å². The fourth-order valence-electron chi connectivity index (χ4n) is 3.39. The van der Waals surface area contributed by atoms with Crippen molar-refractivity contribution in [1.82, 2.24) is 24.6 Å². The first kappa shape index (κ1) is 18.2. The van der Waals surface area contributed by atoms with Gasteiger partial charge in [-0.1, -0.05) is 18.2 Å². The Labute approximate surface area is 163 Å². The number of amides is 1. The standard InChI is InChI=1S/C20H24N6O2/c1-14(2)28-20(27)25-10-8-15(9-11-25)24-18-17-12-23-26(19(17)22-13-21-18)16-6-4-3-5-7-16/h3-7,12-15H,8-11H2,1-2H3,(H,21,22,24). The molecule has 3 heterocycles. The van der Waals surface area contributed by atoms with Crippen molar-refractivity contribution in [2.45, 2.75) is 38.8 Å². The Balaban J connectivity index is 1.46. The highest BCUT2D eigenvalue weighted by atomic mass is 16.6. The summed E-state index contributed by atoms with van der Waals surface area (Å²) in [5, 5.41) is 8.87. The molecular formula is C20H24N6O2. The van der Waals surface area contributed by atoms with Crippen molar-refractivity contribution in [3.05, 3.63) is 42.9 Å². The molecule has 1 N–H and O–H groups in total. The largest absolute Gasteiger partial charge is 0.447 e. The quantitative estimate of drug-likeness (QED) is 0.748. The van der Waals surface area contributed by atoms with Crippen molar-refractivity contribution in [3.8, 4) is 5.69 Å². The first-order chi connectivity index (χ1) is 13.6. The number of ether oxygens (including phenoxy) is 1. The van der Waals surface area contributed by atoms with Crippen LogP contribution >= 0.6 is 0 Å². The van der Waals surface area contributed by atoms with Gasteiger partial charge in [0.1, 0.15) is 12.1 Å². The van der Waals surface area contributed by atoms with E-state index in [-0.39, 0.29) is 18.2 Å². The first-order valence-electron chi connectivity index (χ1n) is 9.58. The van der Waals surface area contributed by atoms with E-state index in [0.29, 0.717) is 13.1 Å². The number of carbonyl (C=O) groups excluding carboxylic acids is 1.